The van der Waals surface area contributed by atoms with E-state index in [4.69, 9.17) is 0 Å². The van der Waals surface area contributed by atoms with Crippen LogP contribution in [0, 0.1) is 5.92 Å². The van der Waals surface area contributed by atoms with Crippen molar-refractivity contribution in [1.29, 1.82) is 0 Å². The molecular formula is C20H34N4OS. The zero-order valence-electron chi connectivity index (χ0n) is 16.2. The summed E-state index contributed by atoms with van der Waals surface area (Å²) >= 11 is 1.86. The van der Waals surface area contributed by atoms with Crippen LogP contribution >= 0.6 is 11.3 Å². The zero-order valence-corrected chi connectivity index (χ0v) is 17.0. The smallest absolute Gasteiger partial charge is 0.191 e. The minimum Gasteiger partial charge on any atom is -0.388 e. The van der Waals surface area contributed by atoms with Gasteiger partial charge < -0.3 is 15.7 Å². The average molecular weight is 379 g/mol. The molecule has 5 nitrogen and oxygen atoms in total. The first-order chi connectivity index (χ1) is 12.6. The van der Waals surface area contributed by atoms with Gasteiger partial charge in [0.2, 0.25) is 0 Å². The van der Waals surface area contributed by atoms with Gasteiger partial charge in [0.25, 0.3) is 0 Å². The van der Waals surface area contributed by atoms with Crippen molar-refractivity contribution >= 4 is 17.3 Å². The predicted molar refractivity (Wildman–Crippen MR) is 110 cm³/mol. The Bertz CT molecular complexity index is 568. The van der Waals surface area contributed by atoms with E-state index in [0.717, 1.165) is 38.2 Å². The van der Waals surface area contributed by atoms with Gasteiger partial charge in [-0.05, 0) is 56.6 Å². The lowest BCUT2D eigenvalue weighted by Gasteiger charge is -2.39. The number of nitrogens with one attached hydrogen (secondary N) is 2. The molecule has 2 atom stereocenters. The van der Waals surface area contributed by atoms with Gasteiger partial charge in [0.15, 0.2) is 5.96 Å². The average Bonchev–Trinajstić information content (AvgIpc) is 3.16. The Morgan fingerprint density at radius 3 is 2.81 bits per heavy atom. The normalized spacial score (nSPS) is 27.3. The van der Waals surface area contributed by atoms with Crippen molar-refractivity contribution in [3.63, 3.8) is 0 Å². The largest absolute Gasteiger partial charge is 0.388 e. The highest BCUT2D eigenvalue weighted by molar-refractivity contribution is 7.10. The minimum absolute atomic E-state index is 0.483. The number of hydrogen-bond donors (Lipinski definition) is 3. The van der Waals surface area contributed by atoms with Crippen molar-refractivity contribution < 1.29 is 5.11 Å². The van der Waals surface area contributed by atoms with Crippen molar-refractivity contribution in [1.82, 2.24) is 15.5 Å². The van der Waals surface area contributed by atoms with Crippen molar-refractivity contribution in [2.45, 2.75) is 56.6 Å². The van der Waals surface area contributed by atoms with Crippen LogP contribution in [-0.2, 0) is 0 Å². The minimum atomic E-state index is -0.569. The molecular weight excluding hydrogens is 344 g/mol. The number of thiophene rings is 1. The van der Waals surface area contributed by atoms with E-state index in [1.165, 1.54) is 30.7 Å². The predicted octanol–water partition coefficient (Wildman–Crippen LogP) is 2.99. The molecule has 3 N–H and O–H groups in total. The molecule has 26 heavy (non-hydrogen) atoms. The molecule has 6 heteroatoms. The van der Waals surface area contributed by atoms with E-state index in [1.54, 1.807) is 0 Å². The second kappa shape index (κ2) is 9.20. The Hall–Kier alpha value is -1.11. The molecule has 1 saturated carbocycles. The van der Waals surface area contributed by atoms with Gasteiger partial charge in [-0.3, -0.25) is 9.89 Å². The van der Waals surface area contributed by atoms with E-state index < -0.39 is 5.60 Å². The lowest BCUT2D eigenvalue weighted by Crippen LogP contribution is -2.50. The van der Waals surface area contributed by atoms with Gasteiger partial charge in [-0.25, -0.2) is 0 Å². The molecule has 1 aromatic heterocycles. The summed E-state index contributed by atoms with van der Waals surface area (Å²) in [4.78, 5) is 8.31. The van der Waals surface area contributed by atoms with Crippen molar-refractivity contribution in [2.75, 3.05) is 33.7 Å². The molecule has 0 spiro atoms. The number of piperidine rings is 1. The maximum atomic E-state index is 10.7. The summed E-state index contributed by atoms with van der Waals surface area (Å²) in [5, 5.41) is 19.7. The second-order valence-electron chi connectivity index (χ2n) is 7.93. The summed E-state index contributed by atoms with van der Waals surface area (Å²) in [5.41, 5.74) is -0.569. The summed E-state index contributed by atoms with van der Waals surface area (Å²) in [6, 6.07) is 4.89. The highest BCUT2D eigenvalue weighted by Gasteiger charge is 2.32. The van der Waals surface area contributed by atoms with Crippen LogP contribution in [0.3, 0.4) is 0 Å². The Morgan fingerprint density at radius 2 is 2.12 bits per heavy atom. The lowest BCUT2D eigenvalue weighted by atomic mass is 9.85. The highest BCUT2D eigenvalue weighted by atomic mass is 32.1. The summed E-state index contributed by atoms with van der Waals surface area (Å²) in [6.45, 7) is 2.66. The molecule has 0 bridgehead atoms. The van der Waals surface area contributed by atoms with Gasteiger partial charge >= 0.3 is 0 Å². The monoisotopic (exact) mass is 378 g/mol. The second-order valence-corrected chi connectivity index (χ2v) is 8.91. The fourth-order valence-electron chi connectivity index (χ4n) is 4.47. The highest BCUT2D eigenvalue weighted by Crippen LogP contribution is 2.36. The third-order valence-corrected chi connectivity index (χ3v) is 6.91. The molecule has 2 aliphatic rings. The molecule has 2 unspecified atom stereocenters. The SMILES string of the molecule is CN=C(NCC1CCCN(C)C1c1cccs1)NCC1(O)CCCCC1. The lowest BCUT2D eigenvalue weighted by molar-refractivity contribution is 0.00856. The van der Waals surface area contributed by atoms with Crippen LogP contribution in [0.2, 0.25) is 0 Å². The third kappa shape index (κ3) is 4.99. The van der Waals surface area contributed by atoms with Crippen LogP contribution in [0.25, 0.3) is 0 Å². The molecule has 1 aliphatic carbocycles. The van der Waals surface area contributed by atoms with E-state index >= 15 is 0 Å². The molecule has 146 valence electrons. The first kappa shape index (κ1) is 19.6. The van der Waals surface area contributed by atoms with Crippen LogP contribution < -0.4 is 10.6 Å². The van der Waals surface area contributed by atoms with E-state index in [2.05, 4.69) is 45.1 Å². The Labute approximate surface area is 161 Å². The molecule has 0 radical (unpaired) electrons. The van der Waals surface area contributed by atoms with Crippen LogP contribution in [-0.4, -0.2) is 55.3 Å². The fourth-order valence-corrected chi connectivity index (χ4v) is 5.45. The topological polar surface area (TPSA) is 59.9 Å². The molecule has 1 aliphatic heterocycles. The van der Waals surface area contributed by atoms with Crippen molar-refractivity contribution in [2.24, 2.45) is 10.9 Å². The maximum Gasteiger partial charge on any atom is 0.191 e. The number of aliphatic imine (C=N–C) groups is 1. The molecule has 0 aromatic carbocycles. The number of nitrogens with zero attached hydrogens (tertiary/aromatic N) is 2. The van der Waals surface area contributed by atoms with Crippen molar-refractivity contribution in [3.05, 3.63) is 22.4 Å². The van der Waals surface area contributed by atoms with Crippen molar-refractivity contribution in [3.8, 4) is 0 Å². The molecule has 2 fully saturated rings. The quantitative estimate of drug-likeness (QED) is 0.545. The number of aliphatic hydroxyl groups is 1. The summed E-state index contributed by atoms with van der Waals surface area (Å²) in [5.74, 6) is 1.38. The first-order valence-electron chi connectivity index (χ1n) is 10.0. The molecule has 2 heterocycles. The number of hydrogen-bond acceptors (Lipinski definition) is 4. The Balaban J connectivity index is 1.53. The van der Waals surface area contributed by atoms with Crippen LogP contribution in [0.1, 0.15) is 55.9 Å². The van der Waals surface area contributed by atoms with Gasteiger partial charge in [-0.1, -0.05) is 25.3 Å². The summed E-state index contributed by atoms with van der Waals surface area (Å²) < 4.78 is 0. The van der Waals surface area contributed by atoms with Gasteiger partial charge in [0.05, 0.1) is 5.60 Å². The van der Waals surface area contributed by atoms with Crippen LogP contribution in [0.5, 0.6) is 0 Å². The number of guanidine groups is 1. The first-order valence-corrected chi connectivity index (χ1v) is 10.9. The van der Waals surface area contributed by atoms with Crippen LogP contribution in [0.15, 0.2) is 22.5 Å². The zero-order chi connectivity index (χ0) is 18.4. The van der Waals surface area contributed by atoms with E-state index in [0.29, 0.717) is 18.5 Å². The maximum absolute atomic E-state index is 10.7. The van der Waals surface area contributed by atoms with E-state index in [1.807, 2.05) is 18.4 Å². The number of likely N-dealkylation sites (tertiary alicyclic amines) is 1. The van der Waals surface area contributed by atoms with Crippen LogP contribution in [0.4, 0.5) is 0 Å². The Morgan fingerprint density at radius 1 is 1.31 bits per heavy atom. The molecule has 1 aromatic rings. The fraction of sp³-hybridized carbons (Fsp3) is 0.750. The van der Waals surface area contributed by atoms with Gasteiger partial charge in [-0.15, -0.1) is 11.3 Å². The number of rotatable bonds is 5. The molecule has 3 rings (SSSR count). The van der Waals surface area contributed by atoms with E-state index in [-0.39, 0.29) is 0 Å². The summed E-state index contributed by atoms with van der Waals surface area (Å²) in [7, 11) is 4.05. The molecule has 0 amide bonds. The third-order valence-electron chi connectivity index (χ3n) is 5.97. The summed E-state index contributed by atoms with van der Waals surface area (Å²) in [6.07, 6.45) is 7.77. The van der Waals surface area contributed by atoms with E-state index in [9.17, 15) is 5.11 Å². The standard InChI is InChI=1S/C20H34N4OS/c1-21-19(23-15-20(25)10-4-3-5-11-20)22-14-16-8-6-12-24(2)18(16)17-9-7-13-26-17/h7,9,13,16,18,25H,3-6,8,10-12,14-15H2,1-2H3,(H2,21,22,23). The van der Waals surface area contributed by atoms with Gasteiger partial charge in [-0.2, -0.15) is 0 Å². The Kier molecular flexibility index (Phi) is 6.95. The van der Waals surface area contributed by atoms with Gasteiger partial charge in [0.1, 0.15) is 0 Å². The molecule has 1 saturated heterocycles. The van der Waals surface area contributed by atoms with Gasteiger partial charge in [0, 0.05) is 31.1 Å².